The normalized spacial score (nSPS) is 16.2. The molecule has 2 aromatic rings. The van der Waals surface area contributed by atoms with E-state index in [0.717, 1.165) is 49.5 Å². The SMILES string of the molecule is COc1ccc([C@@H](C)N2CCN(c3ccc(C=O)cc3)CC2)cc1OC. The van der Waals surface area contributed by atoms with Gasteiger partial charge in [0.05, 0.1) is 14.2 Å². The number of rotatable bonds is 6. The van der Waals surface area contributed by atoms with Crippen molar-refractivity contribution in [3.05, 3.63) is 53.6 Å². The summed E-state index contributed by atoms with van der Waals surface area (Å²) in [6.45, 7) is 6.15. The minimum atomic E-state index is 0.314. The summed E-state index contributed by atoms with van der Waals surface area (Å²) in [6, 6.07) is 14.3. The molecule has 1 atom stereocenters. The maximum absolute atomic E-state index is 10.8. The second-order valence-corrected chi connectivity index (χ2v) is 6.52. The van der Waals surface area contributed by atoms with Crippen LogP contribution in [0, 0.1) is 0 Å². The van der Waals surface area contributed by atoms with Gasteiger partial charge < -0.3 is 14.4 Å². The Morgan fingerprint density at radius 2 is 1.58 bits per heavy atom. The van der Waals surface area contributed by atoms with E-state index in [1.807, 2.05) is 30.3 Å². The van der Waals surface area contributed by atoms with Crippen LogP contribution in [0.2, 0.25) is 0 Å². The first kappa shape index (κ1) is 18.3. The lowest BCUT2D eigenvalue weighted by Gasteiger charge is -2.39. The zero-order valence-corrected chi connectivity index (χ0v) is 15.6. The number of methoxy groups -OCH3 is 2. The largest absolute Gasteiger partial charge is 0.493 e. The molecule has 1 aliphatic heterocycles. The van der Waals surface area contributed by atoms with Gasteiger partial charge in [-0.2, -0.15) is 0 Å². The lowest BCUT2D eigenvalue weighted by atomic mass is 10.0. The molecule has 5 heteroatoms. The van der Waals surface area contributed by atoms with E-state index in [1.165, 1.54) is 11.3 Å². The average Bonchev–Trinajstić information content (AvgIpc) is 2.73. The first-order valence-electron chi connectivity index (χ1n) is 8.92. The van der Waals surface area contributed by atoms with Crippen LogP contribution in [0.4, 0.5) is 5.69 Å². The third kappa shape index (κ3) is 3.83. The predicted octanol–water partition coefficient (Wildman–Crippen LogP) is 3.40. The average molecular weight is 354 g/mol. The highest BCUT2D eigenvalue weighted by Gasteiger charge is 2.23. The summed E-state index contributed by atoms with van der Waals surface area (Å²) in [7, 11) is 3.32. The van der Waals surface area contributed by atoms with Gasteiger partial charge in [-0.25, -0.2) is 0 Å². The molecule has 26 heavy (non-hydrogen) atoms. The van der Waals surface area contributed by atoms with Crippen LogP contribution in [-0.4, -0.2) is 51.6 Å². The molecule has 0 unspecified atom stereocenters. The fourth-order valence-corrected chi connectivity index (χ4v) is 3.45. The number of hydrogen-bond donors (Lipinski definition) is 0. The number of carbonyl (C=O) groups excluding carboxylic acids is 1. The predicted molar refractivity (Wildman–Crippen MR) is 104 cm³/mol. The van der Waals surface area contributed by atoms with E-state index in [9.17, 15) is 4.79 Å². The van der Waals surface area contributed by atoms with Gasteiger partial charge in [-0.1, -0.05) is 6.07 Å². The smallest absolute Gasteiger partial charge is 0.161 e. The Balaban J connectivity index is 1.64. The highest BCUT2D eigenvalue weighted by atomic mass is 16.5. The van der Waals surface area contributed by atoms with Crippen LogP contribution in [0.3, 0.4) is 0 Å². The number of nitrogens with zero attached hydrogens (tertiary/aromatic N) is 2. The van der Waals surface area contributed by atoms with E-state index in [4.69, 9.17) is 9.47 Å². The maximum Gasteiger partial charge on any atom is 0.161 e. The third-order valence-corrected chi connectivity index (χ3v) is 5.15. The molecule has 1 saturated heterocycles. The molecule has 1 fully saturated rings. The van der Waals surface area contributed by atoms with Gasteiger partial charge in [-0.05, 0) is 48.9 Å². The van der Waals surface area contributed by atoms with Crippen LogP contribution >= 0.6 is 0 Å². The van der Waals surface area contributed by atoms with Crippen molar-refractivity contribution in [2.75, 3.05) is 45.3 Å². The van der Waals surface area contributed by atoms with Gasteiger partial charge in [0.15, 0.2) is 11.5 Å². The Hall–Kier alpha value is -2.53. The van der Waals surface area contributed by atoms with Crippen LogP contribution in [-0.2, 0) is 0 Å². The van der Waals surface area contributed by atoms with Crippen molar-refractivity contribution in [3.63, 3.8) is 0 Å². The molecule has 0 bridgehead atoms. The molecule has 1 aliphatic rings. The van der Waals surface area contributed by atoms with E-state index in [0.29, 0.717) is 6.04 Å². The minimum absolute atomic E-state index is 0.314. The minimum Gasteiger partial charge on any atom is -0.493 e. The topological polar surface area (TPSA) is 42.0 Å². The number of aldehydes is 1. The number of hydrogen-bond acceptors (Lipinski definition) is 5. The van der Waals surface area contributed by atoms with Crippen molar-refractivity contribution in [1.29, 1.82) is 0 Å². The van der Waals surface area contributed by atoms with E-state index in [2.05, 4.69) is 28.9 Å². The third-order valence-electron chi connectivity index (χ3n) is 5.15. The summed E-state index contributed by atoms with van der Waals surface area (Å²) >= 11 is 0. The van der Waals surface area contributed by atoms with Crippen molar-refractivity contribution < 1.29 is 14.3 Å². The number of carbonyl (C=O) groups is 1. The van der Waals surface area contributed by atoms with Crippen molar-refractivity contribution >= 4 is 12.0 Å². The van der Waals surface area contributed by atoms with Gasteiger partial charge >= 0.3 is 0 Å². The zero-order valence-electron chi connectivity index (χ0n) is 15.6. The van der Waals surface area contributed by atoms with Crippen LogP contribution in [0.1, 0.15) is 28.9 Å². The molecule has 2 aromatic carbocycles. The molecular formula is C21H26N2O3. The molecule has 0 N–H and O–H groups in total. The van der Waals surface area contributed by atoms with Gasteiger partial charge in [0.2, 0.25) is 0 Å². The number of ether oxygens (including phenoxy) is 2. The van der Waals surface area contributed by atoms with Crippen LogP contribution in [0.15, 0.2) is 42.5 Å². The highest BCUT2D eigenvalue weighted by molar-refractivity contribution is 5.75. The zero-order chi connectivity index (χ0) is 18.5. The van der Waals surface area contributed by atoms with Crippen LogP contribution in [0.25, 0.3) is 0 Å². The second kappa shape index (κ2) is 8.23. The standard InChI is InChI=1S/C21H26N2O3/c1-16(18-6-9-20(25-2)21(14-18)26-3)22-10-12-23(13-11-22)19-7-4-17(15-24)5-8-19/h4-9,14-16H,10-13H2,1-3H3/t16-/m1/s1. The lowest BCUT2D eigenvalue weighted by Crippen LogP contribution is -2.47. The van der Waals surface area contributed by atoms with Crippen LogP contribution < -0.4 is 14.4 Å². The fraction of sp³-hybridized carbons (Fsp3) is 0.381. The van der Waals surface area contributed by atoms with Crippen molar-refractivity contribution in [2.45, 2.75) is 13.0 Å². The Labute approximate surface area is 155 Å². The number of piperazine rings is 1. The van der Waals surface area contributed by atoms with Gasteiger partial charge in [-0.15, -0.1) is 0 Å². The van der Waals surface area contributed by atoms with E-state index in [-0.39, 0.29) is 0 Å². The van der Waals surface area contributed by atoms with Gasteiger partial charge in [-0.3, -0.25) is 9.69 Å². The molecule has 0 spiro atoms. The van der Waals surface area contributed by atoms with Gasteiger partial charge in [0, 0.05) is 43.5 Å². The molecule has 0 saturated carbocycles. The Bertz CT molecular complexity index is 737. The fourth-order valence-electron chi connectivity index (χ4n) is 3.45. The second-order valence-electron chi connectivity index (χ2n) is 6.52. The maximum atomic E-state index is 10.8. The Morgan fingerprint density at radius 3 is 2.15 bits per heavy atom. The summed E-state index contributed by atoms with van der Waals surface area (Å²) in [6.07, 6.45) is 0.881. The van der Waals surface area contributed by atoms with Crippen molar-refractivity contribution in [1.82, 2.24) is 4.90 Å². The molecule has 0 amide bonds. The summed E-state index contributed by atoms with van der Waals surface area (Å²) in [5.74, 6) is 1.53. The van der Waals surface area contributed by atoms with E-state index >= 15 is 0 Å². The molecular weight excluding hydrogens is 328 g/mol. The van der Waals surface area contributed by atoms with Crippen molar-refractivity contribution in [2.24, 2.45) is 0 Å². The monoisotopic (exact) mass is 354 g/mol. The Morgan fingerprint density at radius 1 is 0.923 bits per heavy atom. The molecule has 5 nitrogen and oxygen atoms in total. The molecule has 1 heterocycles. The number of benzene rings is 2. The summed E-state index contributed by atoms with van der Waals surface area (Å²) in [5, 5.41) is 0. The highest BCUT2D eigenvalue weighted by Crippen LogP contribution is 2.32. The van der Waals surface area contributed by atoms with Crippen LogP contribution in [0.5, 0.6) is 11.5 Å². The lowest BCUT2D eigenvalue weighted by molar-refractivity contribution is 0.112. The van der Waals surface area contributed by atoms with Crippen molar-refractivity contribution in [3.8, 4) is 11.5 Å². The Kier molecular flexibility index (Phi) is 5.78. The molecule has 0 aliphatic carbocycles. The molecule has 3 rings (SSSR count). The molecule has 0 radical (unpaired) electrons. The van der Waals surface area contributed by atoms with E-state index in [1.54, 1.807) is 14.2 Å². The summed E-state index contributed by atoms with van der Waals surface area (Å²) in [4.78, 5) is 15.6. The van der Waals surface area contributed by atoms with E-state index < -0.39 is 0 Å². The molecule has 138 valence electrons. The summed E-state index contributed by atoms with van der Waals surface area (Å²) in [5.41, 5.74) is 3.12. The first-order chi connectivity index (χ1) is 12.7. The van der Waals surface area contributed by atoms with Gasteiger partial charge in [0.25, 0.3) is 0 Å². The summed E-state index contributed by atoms with van der Waals surface area (Å²) < 4.78 is 10.8. The quantitative estimate of drug-likeness (QED) is 0.744. The first-order valence-corrected chi connectivity index (χ1v) is 8.92. The molecule has 0 aromatic heterocycles. The number of anilines is 1. The van der Waals surface area contributed by atoms with Gasteiger partial charge in [0.1, 0.15) is 6.29 Å².